The fourth-order valence-electron chi connectivity index (χ4n) is 3.47. The lowest BCUT2D eigenvalue weighted by Crippen LogP contribution is -2.37. The van der Waals surface area contributed by atoms with Crippen molar-refractivity contribution in [3.63, 3.8) is 0 Å². The molecule has 0 aliphatic carbocycles. The minimum absolute atomic E-state index is 0.0369. The van der Waals surface area contributed by atoms with E-state index in [4.69, 9.17) is 0 Å². The SMILES string of the molecule is Cc1nnc(CN2CCCC2Cn2nc3c(cc2=O)CSCC3)s1. The Morgan fingerprint density at radius 1 is 1.38 bits per heavy atom. The number of aryl methyl sites for hydroxylation is 2. The average Bonchev–Trinajstić information content (AvgIpc) is 3.18. The molecule has 8 heteroatoms. The van der Waals surface area contributed by atoms with E-state index < -0.39 is 0 Å². The van der Waals surface area contributed by atoms with E-state index >= 15 is 0 Å². The van der Waals surface area contributed by atoms with E-state index in [0.29, 0.717) is 12.6 Å². The highest BCUT2D eigenvalue weighted by Gasteiger charge is 2.27. The molecule has 2 aromatic rings. The fourth-order valence-corrected chi connectivity index (χ4v) is 5.15. The van der Waals surface area contributed by atoms with Crippen LogP contribution < -0.4 is 5.56 Å². The molecule has 4 rings (SSSR count). The largest absolute Gasteiger partial charge is 0.292 e. The Balaban J connectivity index is 1.50. The van der Waals surface area contributed by atoms with Gasteiger partial charge >= 0.3 is 0 Å². The van der Waals surface area contributed by atoms with Crippen LogP contribution in [0.15, 0.2) is 10.9 Å². The highest BCUT2D eigenvalue weighted by atomic mass is 32.2. The van der Waals surface area contributed by atoms with Crippen LogP contribution in [0, 0.1) is 6.92 Å². The van der Waals surface area contributed by atoms with Crippen molar-refractivity contribution in [2.45, 2.75) is 51.1 Å². The van der Waals surface area contributed by atoms with Crippen LogP contribution in [0.3, 0.4) is 0 Å². The van der Waals surface area contributed by atoms with Crippen LogP contribution in [0.2, 0.25) is 0 Å². The van der Waals surface area contributed by atoms with E-state index in [0.717, 1.165) is 58.7 Å². The Morgan fingerprint density at radius 3 is 3.12 bits per heavy atom. The van der Waals surface area contributed by atoms with E-state index in [1.54, 1.807) is 22.1 Å². The summed E-state index contributed by atoms with van der Waals surface area (Å²) in [5, 5.41) is 15.1. The van der Waals surface area contributed by atoms with Gasteiger partial charge < -0.3 is 0 Å². The summed E-state index contributed by atoms with van der Waals surface area (Å²) >= 11 is 3.53. The first-order valence-corrected chi connectivity index (χ1v) is 10.4. The molecule has 0 amide bonds. The Morgan fingerprint density at radius 2 is 2.29 bits per heavy atom. The van der Waals surface area contributed by atoms with Gasteiger partial charge in [-0.3, -0.25) is 9.69 Å². The summed E-state index contributed by atoms with van der Waals surface area (Å²) < 4.78 is 1.68. The molecular formula is C16H21N5OS2. The van der Waals surface area contributed by atoms with Crippen molar-refractivity contribution in [2.75, 3.05) is 12.3 Å². The van der Waals surface area contributed by atoms with Crippen molar-refractivity contribution in [1.82, 2.24) is 24.9 Å². The van der Waals surface area contributed by atoms with Crippen molar-refractivity contribution >= 4 is 23.1 Å². The second-order valence-electron chi connectivity index (χ2n) is 6.42. The van der Waals surface area contributed by atoms with Crippen molar-refractivity contribution in [2.24, 2.45) is 0 Å². The first kappa shape index (κ1) is 16.2. The molecule has 6 nitrogen and oxygen atoms in total. The maximum Gasteiger partial charge on any atom is 0.267 e. The lowest BCUT2D eigenvalue weighted by Gasteiger charge is -2.24. The number of thioether (sulfide) groups is 1. The molecule has 4 heterocycles. The number of nitrogens with zero attached hydrogens (tertiary/aromatic N) is 5. The van der Waals surface area contributed by atoms with Crippen LogP contribution in [0.1, 0.15) is 34.1 Å². The molecule has 1 unspecified atom stereocenters. The number of hydrogen-bond acceptors (Lipinski definition) is 7. The van der Waals surface area contributed by atoms with Crippen LogP contribution >= 0.6 is 23.1 Å². The molecule has 0 radical (unpaired) electrons. The van der Waals surface area contributed by atoms with Gasteiger partial charge in [0, 0.05) is 24.3 Å². The van der Waals surface area contributed by atoms with E-state index in [1.165, 1.54) is 6.42 Å². The summed E-state index contributed by atoms with van der Waals surface area (Å²) in [4.78, 5) is 14.8. The monoisotopic (exact) mass is 363 g/mol. The van der Waals surface area contributed by atoms with Gasteiger partial charge in [-0.1, -0.05) is 0 Å². The molecule has 1 atom stereocenters. The van der Waals surface area contributed by atoms with Gasteiger partial charge in [0.15, 0.2) is 0 Å². The molecule has 2 aliphatic rings. The van der Waals surface area contributed by atoms with Crippen LogP contribution in [0.4, 0.5) is 0 Å². The molecule has 0 spiro atoms. The summed E-state index contributed by atoms with van der Waals surface area (Å²) in [6.45, 7) is 4.54. The maximum atomic E-state index is 12.4. The second-order valence-corrected chi connectivity index (χ2v) is 8.79. The maximum absolute atomic E-state index is 12.4. The van der Waals surface area contributed by atoms with E-state index in [-0.39, 0.29) is 5.56 Å². The van der Waals surface area contributed by atoms with E-state index in [9.17, 15) is 4.79 Å². The third-order valence-electron chi connectivity index (χ3n) is 4.69. The Hall–Kier alpha value is -1.25. The predicted octanol–water partition coefficient (Wildman–Crippen LogP) is 1.86. The van der Waals surface area contributed by atoms with E-state index in [1.807, 2.05) is 18.7 Å². The third-order valence-corrected chi connectivity index (χ3v) is 6.53. The normalized spacial score (nSPS) is 21.1. The van der Waals surface area contributed by atoms with Gasteiger partial charge in [0.05, 0.1) is 18.8 Å². The molecule has 0 aromatic carbocycles. The molecule has 0 bridgehead atoms. The summed E-state index contributed by atoms with van der Waals surface area (Å²) in [6.07, 6.45) is 3.25. The summed E-state index contributed by atoms with van der Waals surface area (Å²) in [7, 11) is 0. The minimum Gasteiger partial charge on any atom is -0.292 e. The van der Waals surface area contributed by atoms with E-state index in [2.05, 4.69) is 20.2 Å². The van der Waals surface area contributed by atoms with Crippen LogP contribution in [-0.4, -0.2) is 43.2 Å². The molecule has 2 aromatic heterocycles. The standard InChI is InChI=1S/C16H21N5OS2/c1-11-17-18-15(24-11)9-20-5-2-3-13(20)8-21-16(22)7-12-10-23-6-4-14(12)19-21/h7,13H,2-6,8-10H2,1H3. The molecular weight excluding hydrogens is 342 g/mol. The van der Waals surface area contributed by atoms with Crippen molar-refractivity contribution < 1.29 is 0 Å². The predicted molar refractivity (Wildman–Crippen MR) is 96.4 cm³/mol. The Kier molecular flexibility index (Phi) is 4.69. The highest BCUT2D eigenvalue weighted by molar-refractivity contribution is 7.98. The van der Waals surface area contributed by atoms with Gasteiger partial charge in [-0.05, 0) is 37.6 Å². The van der Waals surface area contributed by atoms with Gasteiger partial charge in [0.1, 0.15) is 10.0 Å². The lowest BCUT2D eigenvalue weighted by molar-refractivity contribution is 0.215. The van der Waals surface area contributed by atoms with Gasteiger partial charge in [0.25, 0.3) is 5.56 Å². The van der Waals surface area contributed by atoms with Crippen LogP contribution in [0.5, 0.6) is 0 Å². The second kappa shape index (κ2) is 6.93. The average molecular weight is 364 g/mol. The van der Waals surface area contributed by atoms with Crippen molar-refractivity contribution in [3.05, 3.63) is 37.7 Å². The Labute approximate surface area is 149 Å². The first-order chi connectivity index (χ1) is 11.7. The van der Waals surface area contributed by atoms with Gasteiger partial charge in [-0.15, -0.1) is 21.5 Å². The molecule has 24 heavy (non-hydrogen) atoms. The van der Waals surface area contributed by atoms with Crippen molar-refractivity contribution in [3.8, 4) is 0 Å². The minimum atomic E-state index is 0.0369. The first-order valence-electron chi connectivity index (χ1n) is 8.40. The van der Waals surface area contributed by atoms with Gasteiger partial charge in [0.2, 0.25) is 0 Å². The van der Waals surface area contributed by atoms with Gasteiger partial charge in [-0.25, -0.2) is 4.68 Å². The third kappa shape index (κ3) is 3.41. The topological polar surface area (TPSA) is 63.9 Å². The Bertz CT molecular complexity index is 787. The molecule has 0 N–H and O–H groups in total. The molecule has 1 saturated heterocycles. The van der Waals surface area contributed by atoms with Crippen LogP contribution in [-0.2, 0) is 25.3 Å². The van der Waals surface area contributed by atoms with Crippen LogP contribution in [0.25, 0.3) is 0 Å². The molecule has 1 fully saturated rings. The smallest absolute Gasteiger partial charge is 0.267 e. The van der Waals surface area contributed by atoms with Crippen molar-refractivity contribution in [1.29, 1.82) is 0 Å². The number of likely N-dealkylation sites (tertiary alicyclic amines) is 1. The highest BCUT2D eigenvalue weighted by Crippen LogP contribution is 2.24. The quantitative estimate of drug-likeness (QED) is 0.826. The molecule has 128 valence electrons. The zero-order chi connectivity index (χ0) is 16.5. The number of aromatic nitrogens is 4. The lowest BCUT2D eigenvalue weighted by atomic mass is 10.2. The number of fused-ring (bicyclic) bond motifs is 1. The zero-order valence-corrected chi connectivity index (χ0v) is 15.4. The fraction of sp³-hybridized carbons (Fsp3) is 0.625. The number of rotatable bonds is 4. The summed E-state index contributed by atoms with van der Waals surface area (Å²) in [6, 6.07) is 2.15. The number of hydrogen-bond donors (Lipinski definition) is 0. The van der Waals surface area contributed by atoms with Gasteiger partial charge in [-0.2, -0.15) is 16.9 Å². The summed E-state index contributed by atoms with van der Waals surface area (Å²) in [5.41, 5.74) is 2.27. The molecule has 2 aliphatic heterocycles. The zero-order valence-electron chi connectivity index (χ0n) is 13.8. The summed E-state index contributed by atoms with van der Waals surface area (Å²) in [5.74, 6) is 2.02. The molecule has 0 saturated carbocycles.